The van der Waals surface area contributed by atoms with Crippen LogP contribution >= 0.6 is 24.0 Å². The Kier molecular flexibility index (Phi) is 2.84. The second-order valence-electron chi connectivity index (χ2n) is 2.82. The lowest BCUT2D eigenvalue weighted by molar-refractivity contribution is 0.229. The van der Waals surface area contributed by atoms with E-state index in [4.69, 9.17) is 21.7 Å². The molecule has 4 heteroatoms. The molecule has 1 aromatic carbocycles. The van der Waals surface area contributed by atoms with Crippen molar-refractivity contribution in [3.63, 3.8) is 0 Å². The van der Waals surface area contributed by atoms with E-state index >= 15 is 0 Å². The maximum atomic E-state index is 7.47. The third-order valence-electron chi connectivity index (χ3n) is 1.99. The summed E-state index contributed by atoms with van der Waals surface area (Å²) in [6, 6.07) is 5.45. The Bertz CT molecular complexity index is 351. The molecular weight excluding hydrogens is 209 g/mol. The molecule has 0 amide bonds. The highest BCUT2D eigenvalue weighted by Crippen LogP contribution is 2.31. The Morgan fingerprint density at radius 3 is 2.85 bits per heavy atom. The van der Waals surface area contributed by atoms with Crippen LogP contribution in [-0.2, 0) is 4.74 Å². The van der Waals surface area contributed by atoms with Crippen molar-refractivity contribution in [2.75, 3.05) is 0 Å². The summed E-state index contributed by atoms with van der Waals surface area (Å²) in [4.78, 5) is 0. The van der Waals surface area contributed by atoms with Crippen molar-refractivity contribution in [2.45, 2.75) is 13.0 Å². The summed E-state index contributed by atoms with van der Waals surface area (Å²) in [5.41, 5.74) is 1.86. The molecule has 0 saturated heterocycles. The van der Waals surface area contributed by atoms with Gasteiger partial charge in [-0.05, 0) is 25.1 Å². The van der Waals surface area contributed by atoms with Gasteiger partial charge in [-0.2, -0.15) is 0 Å². The fraction of sp³-hybridized carbons (Fsp3) is 0.222. The van der Waals surface area contributed by atoms with E-state index < -0.39 is 0 Å². The predicted molar refractivity (Wildman–Crippen MR) is 55.0 cm³/mol. The third-order valence-corrected chi connectivity index (χ3v) is 2.23. The summed E-state index contributed by atoms with van der Waals surface area (Å²) in [5.74, 6) is 0.245. The van der Waals surface area contributed by atoms with Crippen LogP contribution in [0.1, 0.15) is 24.2 Å². The summed E-state index contributed by atoms with van der Waals surface area (Å²) in [6.45, 7) is 1.91. The van der Waals surface area contributed by atoms with Gasteiger partial charge in [-0.1, -0.05) is 11.6 Å². The molecule has 2 nitrogen and oxygen atoms in total. The first kappa shape index (κ1) is 10.4. The first-order valence-electron chi connectivity index (χ1n) is 3.73. The van der Waals surface area contributed by atoms with Crippen molar-refractivity contribution >= 4 is 29.9 Å². The van der Waals surface area contributed by atoms with E-state index in [9.17, 15) is 0 Å². The molecule has 0 bridgehead atoms. The minimum absolute atomic E-state index is 0. The van der Waals surface area contributed by atoms with E-state index in [-0.39, 0.29) is 24.4 Å². The van der Waals surface area contributed by atoms with Gasteiger partial charge in [0.1, 0.15) is 6.10 Å². The van der Waals surface area contributed by atoms with Crippen LogP contribution < -0.4 is 0 Å². The summed E-state index contributed by atoms with van der Waals surface area (Å²) in [7, 11) is 0. The molecule has 0 fully saturated rings. The van der Waals surface area contributed by atoms with Gasteiger partial charge in [0.15, 0.2) is 0 Å². The average Bonchev–Trinajstić information content (AvgIpc) is 2.28. The zero-order chi connectivity index (χ0) is 8.72. The number of hydrogen-bond acceptors (Lipinski definition) is 2. The smallest absolute Gasteiger partial charge is 0.214 e. The summed E-state index contributed by atoms with van der Waals surface area (Å²) >= 11 is 5.81. The van der Waals surface area contributed by atoms with Crippen molar-refractivity contribution in [1.82, 2.24) is 0 Å². The van der Waals surface area contributed by atoms with Crippen LogP contribution in [0.25, 0.3) is 0 Å². The largest absolute Gasteiger partial charge is 0.470 e. The van der Waals surface area contributed by atoms with Crippen LogP contribution in [0, 0.1) is 5.41 Å². The highest BCUT2D eigenvalue weighted by Gasteiger charge is 2.24. The van der Waals surface area contributed by atoms with E-state index in [2.05, 4.69) is 0 Å². The van der Waals surface area contributed by atoms with Crippen molar-refractivity contribution < 1.29 is 4.74 Å². The van der Waals surface area contributed by atoms with E-state index in [1.807, 2.05) is 19.1 Å². The van der Waals surface area contributed by atoms with Gasteiger partial charge >= 0.3 is 0 Å². The first-order valence-corrected chi connectivity index (χ1v) is 4.11. The van der Waals surface area contributed by atoms with E-state index in [0.29, 0.717) is 5.02 Å². The minimum atomic E-state index is -0.0359. The molecule has 0 spiro atoms. The fourth-order valence-electron chi connectivity index (χ4n) is 1.38. The molecule has 1 atom stereocenters. The normalized spacial score (nSPS) is 18.9. The van der Waals surface area contributed by atoms with E-state index in [1.165, 1.54) is 0 Å². The second kappa shape index (κ2) is 3.56. The quantitative estimate of drug-likeness (QED) is 0.712. The summed E-state index contributed by atoms with van der Waals surface area (Å²) < 4.78 is 5.21. The van der Waals surface area contributed by atoms with Crippen molar-refractivity contribution in [3.05, 3.63) is 34.3 Å². The average molecular weight is 218 g/mol. The summed E-state index contributed by atoms with van der Waals surface area (Å²) in [5, 5.41) is 8.16. The lowest BCUT2D eigenvalue weighted by atomic mass is 10.1. The van der Waals surface area contributed by atoms with Crippen molar-refractivity contribution in [2.24, 2.45) is 0 Å². The Morgan fingerprint density at radius 2 is 2.15 bits per heavy atom. The summed E-state index contributed by atoms with van der Waals surface area (Å²) in [6.07, 6.45) is -0.0359. The van der Waals surface area contributed by atoms with Gasteiger partial charge in [0.05, 0.1) is 0 Å². The molecule has 1 aliphatic heterocycles. The van der Waals surface area contributed by atoms with Crippen LogP contribution in [0.4, 0.5) is 0 Å². The predicted octanol–water partition coefficient (Wildman–Crippen LogP) is 3.18. The van der Waals surface area contributed by atoms with Gasteiger partial charge in [0.25, 0.3) is 0 Å². The van der Waals surface area contributed by atoms with Gasteiger partial charge in [0.2, 0.25) is 5.90 Å². The monoisotopic (exact) mass is 217 g/mol. The van der Waals surface area contributed by atoms with Crippen LogP contribution in [0.3, 0.4) is 0 Å². The molecule has 0 radical (unpaired) electrons. The number of benzene rings is 1. The zero-order valence-corrected chi connectivity index (χ0v) is 8.58. The van der Waals surface area contributed by atoms with E-state index in [1.54, 1.807) is 6.07 Å². The fourth-order valence-corrected chi connectivity index (χ4v) is 1.56. The standard InChI is InChI=1S/C9H8ClNO.ClH/c1-5-8-4-6(10)2-3-7(8)9(11)12-5;/h2-5,11H,1H3;1H. The lowest BCUT2D eigenvalue weighted by Crippen LogP contribution is -1.93. The Morgan fingerprint density at radius 1 is 1.46 bits per heavy atom. The third kappa shape index (κ3) is 1.64. The molecular formula is C9H9Cl2NO. The molecule has 0 aliphatic carbocycles. The highest BCUT2D eigenvalue weighted by molar-refractivity contribution is 6.30. The SMILES string of the molecule is CC1OC(=N)c2ccc(Cl)cc21.Cl. The van der Waals surface area contributed by atoms with Crippen molar-refractivity contribution in [3.8, 4) is 0 Å². The maximum Gasteiger partial charge on any atom is 0.214 e. The Labute approximate surface area is 87.8 Å². The number of rotatable bonds is 0. The Balaban J connectivity index is 0.000000845. The van der Waals surface area contributed by atoms with Crippen LogP contribution in [0.2, 0.25) is 5.02 Å². The minimum Gasteiger partial charge on any atom is -0.470 e. The van der Waals surface area contributed by atoms with Crippen LogP contribution in [-0.4, -0.2) is 5.90 Å². The zero-order valence-electron chi connectivity index (χ0n) is 7.00. The topological polar surface area (TPSA) is 33.1 Å². The molecule has 1 aromatic rings. The van der Waals surface area contributed by atoms with Crippen molar-refractivity contribution in [1.29, 1.82) is 5.41 Å². The molecule has 13 heavy (non-hydrogen) atoms. The molecule has 70 valence electrons. The number of ether oxygens (including phenoxy) is 1. The second-order valence-corrected chi connectivity index (χ2v) is 3.26. The lowest BCUT2D eigenvalue weighted by Gasteiger charge is -2.01. The molecule has 1 unspecified atom stereocenters. The Hall–Kier alpha value is -0.730. The van der Waals surface area contributed by atoms with Crippen LogP contribution in [0.5, 0.6) is 0 Å². The van der Waals surface area contributed by atoms with Gasteiger partial charge < -0.3 is 4.74 Å². The van der Waals surface area contributed by atoms with Gasteiger partial charge in [-0.3, -0.25) is 5.41 Å². The van der Waals surface area contributed by atoms with Crippen LogP contribution in [0.15, 0.2) is 18.2 Å². The number of fused-ring (bicyclic) bond motifs is 1. The molecule has 0 saturated carbocycles. The van der Waals surface area contributed by atoms with Gasteiger partial charge in [0, 0.05) is 16.1 Å². The molecule has 0 aromatic heterocycles. The van der Waals surface area contributed by atoms with E-state index in [0.717, 1.165) is 11.1 Å². The molecule has 2 rings (SSSR count). The highest BCUT2D eigenvalue weighted by atomic mass is 35.5. The molecule has 1 heterocycles. The maximum absolute atomic E-state index is 7.47. The number of halogens is 2. The van der Waals surface area contributed by atoms with Gasteiger partial charge in [-0.15, -0.1) is 12.4 Å². The number of hydrogen-bond donors (Lipinski definition) is 1. The number of nitrogens with one attached hydrogen (secondary N) is 1. The molecule has 1 N–H and O–H groups in total. The van der Waals surface area contributed by atoms with Gasteiger partial charge in [-0.25, -0.2) is 0 Å². The molecule has 1 aliphatic rings. The first-order chi connectivity index (χ1) is 5.68.